The molecule has 0 aromatic rings. The number of hydrogen-bond acceptors (Lipinski definition) is 15. The van der Waals surface area contributed by atoms with Crippen molar-refractivity contribution in [2.45, 2.75) is 96.9 Å². The van der Waals surface area contributed by atoms with Gasteiger partial charge in [0.25, 0.3) is 0 Å². The summed E-state index contributed by atoms with van der Waals surface area (Å²) in [5.74, 6) is -11.4. The summed E-state index contributed by atoms with van der Waals surface area (Å²) in [6.07, 6.45) is 6.27. The normalized spacial score (nSPS) is 37.8. The maximum absolute atomic E-state index is 13.8. The highest BCUT2D eigenvalue weighted by Gasteiger charge is 2.59. The van der Waals surface area contributed by atoms with E-state index in [2.05, 4.69) is 0 Å². The number of rotatable bonds is 12. The van der Waals surface area contributed by atoms with Crippen molar-refractivity contribution < 1.29 is 78.0 Å². The lowest BCUT2D eigenvalue weighted by Gasteiger charge is -2.46. The number of allylic oxidation sites excluding steroid dienone is 3. The zero-order valence-corrected chi connectivity index (χ0v) is 35.9. The van der Waals surface area contributed by atoms with Crippen molar-refractivity contribution in [3.05, 3.63) is 34.9 Å². The summed E-state index contributed by atoms with van der Waals surface area (Å²) in [7, 11) is 0. The van der Waals surface area contributed by atoms with Gasteiger partial charge < -0.3 is 49.2 Å². The Hall–Kier alpha value is -4.12. The molecule has 3 heterocycles. The van der Waals surface area contributed by atoms with E-state index in [0.29, 0.717) is 25.7 Å². The van der Waals surface area contributed by atoms with Crippen LogP contribution in [0.2, 0.25) is 0 Å². The molecule has 12 atom stereocenters. The standard InChI is InChI=1S/C45H62O16/c1-22(2)28-7-12-45(56)21-61-42(53)36(45)31(28)13-25(16-46)38(49)59-19-43(54)11-9-30(24(5)6)33-15-27(18-58-41(52)35(33)43)39(50)60-20-44(55)10-8-29(23(3)4)32-14-26(37(47)48)17-57-40(51)34(32)44/h13-15,22-24,28-36,46,54-56H,7-12,16-21H2,1-6H3,(H,47,48)/b25-13+/t28-,29-,30-,31-,32-,33-,34-,35-,36-,43-,44-,45-/m1/s1. The maximum Gasteiger partial charge on any atom is 0.337 e. The average Bonchev–Trinajstić information content (AvgIpc) is 3.29. The predicted octanol–water partition coefficient (Wildman–Crippen LogP) is 2.69. The Balaban J connectivity index is 1.21. The fourth-order valence-electron chi connectivity index (χ4n) is 11.3. The lowest BCUT2D eigenvalue weighted by Crippen LogP contribution is -2.55. The van der Waals surface area contributed by atoms with Gasteiger partial charge in [-0.15, -0.1) is 0 Å². The van der Waals surface area contributed by atoms with Crippen LogP contribution in [0.1, 0.15) is 80.1 Å². The second-order valence-electron chi connectivity index (χ2n) is 19.3. The van der Waals surface area contributed by atoms with Gasteiger partial charge in [-0.1, -0.05) is 59.8 Å². The second kappa shape index (κ2) is 17.9. The van der Waals surface area contributed by atoms with Crippen LogP contribution in [0.4, 0.5) is 0 Å². The minimum absolute atomic E-state index is 0.0330. The number of ether oxygens (including phenoxy) is 5. The lowest BCUT2D eigenvalue weighted by molar-refractivity contribution is -0.182. The highest BCUT2D eigenvalue weighted by atomic mass is 16.6. The van der Waals surface area contributed by atoms with E-state index >= 15 is 0 Å². The first-order chi connectivity index (χ1) is 28.6. The SMILES string of the molecule is CC(C)[C@H]1CC[C@@](O)(COC(=O)C2=C[C@@H]3[C@@H](C(C)C)CC[C@@](O)(COC(=O)/C(=C/[C@@H]4[C@@H](C(C)C)CC[C@@]5(O)COC(=O)[C@@H]45)CO)[C@H]3C(=O)OC2)[C@H]2C(=O)OCC(C(=O)O)=C[C@H]12. The van der Waals surface area contributed by atoms with Gasteiger partial charge in [0.1, 0.15) is 49.8 Å². The molecular formula is C45H62O16. The molecular weight excluding hydrogens is 796 g/mol. The largest absolute Gasteiger partial charge is 0.478 e. The zero-order valence-electron chi connectivity index (χ0n) is 35.9. The topological polar surface area (TPSA) is 250 Å². The van der Waals surface area contributed by atoms with Crippen molar-refractivity contribution in [2.75, 3.05) is 39.6 Å². The van der Waals surface area contributed by atoms with E-state index < -0.39 is 121 Å². The van der Waals surface area contributed by atoms with Crippen LogP contribution in [0.15, 0.2) is 34.9 Å². The molecule has 16 heteroatoms. The van der Waals surface area contributed by atoms with E-state index in [0.717, 1.165) is 0 Å². The van der Waals surface area contributed by atoms with Crippen LogP contribution >= 0.6 is 0 Å². The molecule has 1 saturated heterocycles. The molecule has 3 saturated carbocycles. The van der Waals surface area contributed by atoms with Gasteiger partial charge in [-0.25, -0.2) is 14.4 Å². The van der Waals surface area contributed by atoms with E-state index in [-0.39, 0.29) is 71.7 Å². The molecule has 3 aliphatic carbocycles. The molecule has 5 N–H and O–H groups in total. The van der Waals surface area contributed by atoms with Crippen LogP contribution < -0.4 is 0 Å². The maximum atomic E-state index is 13.8. The second-order valence-corrected chi connectivity index (χ2v) is 19.3. The Morgan fingerprint density at radius 3 is 1.69 bits per heavy atom. The van der Waals surface area contributed by atoms with Gasteiger partial charge in [-0.05, 0) is 91.8 Å². The van der Waals surface area contributed by atoms with Gasteiger partial charge in [0.15, 0.2) is 0 Å². The van der Waals surface area contributed by atoms with Crippen molar-refractivity contribution in [3.8, 4) is 0 Å². The molecule has 6 aliphatic rings. The van der Waals surface area contributed by atoms with Gasteiger partial charge in [0.2, 0.25) is 0 Å². The molecule has 0 unspecified atom stereocenters. The van der Waals surface area contributed by atoms with Crippen molar-refractivity contribution in [3.63, 3.8) is 0 Å². The summed E-state index contributed by atoms with van der Waals surface area (Å²) in [6, 6.07) is 0. The van der Waals surface area contributed by atoms with Crippen LogP contribution in [-0.4, -0.2) is 118 Å². The fourth-order valence-corrected chi connectivity index (χ4v) is 11.3. The number of aliphatic carboxylic acids is 1. The van der Waals surface area contributed by atoms with Crippen LogP contribution in [0.5, 0.6) is 0 Å². The van der Waals surface area contributed by atoms with Crippen LogP contribution in [0.25, 0.3) is 0 Å². The van der Waals surface area contributed by atoms with Gasteiger partial charge in [-0.3, -0.25) is 14.4 Å². The van der Waals surface area contributed by atoms with Gasteiger partial charge in [0.05, 0.1) is 41.1 Å². The summed E-state index contributed by atoms with van der Waals surface area (Å²) < 4.78 is 27.5. The number of carbonyl (C=O) groups excluding carboxylic acids is 5. The average molecular weight is 859 g/mol. The third-order valence-corrected chi connectivity index (χ3v) is 14.7. The Morgan fingerprint density at radius 1 is 0.705 bits per heavy atom. The molecule has 0 aromatic carbocycles. The summed E-state index contributed by atoms with van der Waals surface area (Å²) in [5, 5.41) is 55.5. The molecule has 0 radical (unpaired) electrons. The first kappa shape index (κ1) is 46.4. The van der Waals surface area contributed by atoms with Crippen molar-refractivity contribution in [2.24, 2.45) is 71.0 Å². The molecule has 3 aliphatic heterocycles. The number of aliphatic hydroxyl groups excluding tert-OH is 1. The smallest absolute Gasteiger partial charge is 0.337 e. The third kappa shape index (κ3) is 9.05. The number of cyclic esters (lactones) is 3. The third-order valence-electron chi connectivity index (χ3n) is 14.7. The van der Waals surface area contributed by atoms with E-state index in [1.165, 1.54) is 18.2 Å². The first-order valence-corrected chi connectivity index (χ1v) is 21.6. The van der Waals surface area contributed by atoms with Gasteiger partial charge in [0, 0.05) is 0 Å². The Bertz CT molecular complexity index is 1850. The molecule has 0 bridgehead atoms. The Morgan fingerprint density at radius 2 is 1.18 bits per heavy atom. The van der Waals surface area contributed by atoms with Gasteiger partial charge >= 0.3 is 35.8 Å². The first-order valence-electron chi connectivity index (χ1n) is 21.6. The number of carboxylic acids is 1. The minimum Gasteiger partial charge on any atom is -0.478 e. The van der Waals surface area contributed by atoms with Crippen molar-refractivity contribution >= 4 is 35.8 Å². The molecule has 4 fully saturated rings. The summed E-state index contributed by atoms with van der Waals surface area (Å²) in [5.41, 5.74) is -5.59. The number of esters is 5. The molecule has 61 heavy (non-hydrogen) atoms. The number of carboxylic acid groups (broad SMARTS) is 1. The number of carbonyl (C=O) groups is 6. The Kier molecular flexibility index (Phi) is 13.6. The minimum atomic E-state index is -1.96. The highest BCUT2D eigenvalue weighted by Crippen LogP contribution is 2.51. The van der Waals surface area contributed by atoms with Crippen LogP contribution in [-0.2, 0) is 52.5 Å². The van der Waals surface area contributed by atoms with Gasteiger partial charge in [-0.2, -0.15) is 0 Å². The fraction of sp³-hybridized carbons (Fsp3) is 0.733. The van der Waals surface area contributed by atoms with E-state index in [1.807, 2.05) is 41.5 Å². The highest BCUT2D eigenvalue weighted by molar-refractivity contribution is 5.91. The monoisotopic (exact) mass is 858 g/mol. The van der Waals surface area contributed by atoms with E-state index in [1.54, 1.807) is 0 Å². The molecule has 16 nitrogen and oxygen atoms in total. The van der Waals surface area contributed by atoms with E-state index in [4.69, 9.17) is 23.7 Å². The molecule has 338 valence electrons. The Labute approximate surface area is 355 Å². The molecule has 0 spiro atoms. The lowest BCUT2D eigenvalue weighted by atomic mass is 9.61. The van der Waals surface area contributed by atoms with Crippen molar-refractivity contribution in [1.29, 1.82) is 0 Å². The summed E-state index contributed by atoms with van der Waals surface area (Å²) in [4.78, 5) is 79.4. The molecule has 0 amide bonds. The predicted molar refractivity (Wildman–Crippen MR) is 212 cm³/mol. The van der Waals surface area contributed by atoms with Crippen LogP contribution in [0, 0.1) is 71.0 Å². The van der Waals surface area contributed by atoms with Crippen molar-refractivity contribution in [1.82, 2.24) is 0 Å². The number of fused-ring (bicyclic) bond motifs is 3. The molecule has 6 rings (SSSR count). The molecule has 0 aromatic heterocycles. The zero-order chi connectivity index (χ0) is 44.8. The van der Waals surface area contributed by atoms with Crippen LogP contribution in [0.3, 0.4) is 0 Å². The summed E-state index contributed by atoms with van der Waals surface area (Å²) >= 11 is 0. The summed E-state index contributed by atoms with van der Waals surface area (Å²) in [6.45, 7) is 8.54. The number of aliphatic hydroxyl groups is 4. The quantitative estimate of drug-likeness (QED) is 0.108. The van der Waals surface area contributed by atoms with E-state index in [9.17, 15) is 54.3 Å². The number of hydrogen-bond donors (Lipinski definition) is 5.